The average Bonchev–Trinajstić information content (AvgIpc) is 3.08. The molecule has 0 saturated carbocycles. The Hall–Kier alpha value is -1.99. The molecule has 1 saturated heterocycles. The van der Waals surface area contributed by atoms with Crippen LogP contribution in [0.3, 0.4) is 0 Å². The van der Waals surface area contributed by atoms with Crippen molar-refractivity contribution in [2.45, 2.75) is 23.8 Å². The standard InChI is InChI=1S/C17H17F2NO3S/c1-23-13-6-4-12(5-7-13)17-3-2-10-20(17)24(21,22)14-8-9-15(18)16(19)11-14/h4-9,11,17H,2-3,10H2,1H3/t17-/m0/s1. The van der Waals surface area contributed by atoms with Gasteiger partial charge in [-0.25, -0.2) is 17.2 Å². The van der Waals surface area contributed by atoms with E-state index in [1.165, 1.54) is 4.31 Å². The minimum atomic E-state index is -3.90. The molecule has 128 valence electrons. The molecule has 0 aliphatic carbocycles. The third-order valence-electron chi connectivity index (χ3n) is 4.20. The number of hydrogen-bond acceptors (Lipinski definition) is 3. The molecule has 1 aliphatic rings. The summed E-state index contributed by atoms with van der Waals surface area (Å²) in [7, 11) is -2.34. The fourth-order valence-electron chi connectivity index (χ4n) is 2.96. The van der Waals surface area contributed by atoms with Crippen LogP contribution in [0.1, 0.15) is 24.4 Å². The summed E-state index contributed by atoms with van der Waals surface area (Å²) in [6.07, 6.45) is 1.38. The number of halogens is 2. The first-order valence-electron chi connectivity index (χ1n) is 7.54. The summed E-state index contributed by atoms with van der Waals surface area (Å²) in [5, 5.41) is 0. The smallest absolute Gasteiger partial charge is 0.243 e. The van der Waals surface area contributed by atoms with Gasteiger partial charge in [0, 0.05) is 6.54 Å². The zero-order valence-electron chi connectivity index (χ0n) is 13.1. The van der Waals surface area contributed by atoms with Crippen LogP contribution in [0, 0.1) is 11.6 Å². The van der Waals surface area contributed by atoms with E-state index < -0.39 is 21.7 Å². The van der Waals surface area contributed by atoms with Crippen molar-refractivity contribution in [2.75, 3.05) is 13.7 Å². The van der Waals surface area contributed by atoms with Gasteiger partial charge in [-0.05, 0) is 48.7 Å². The van der Waals surface area contributed by atoms with E-state index in [1.54, 1.807) is 19.2 Å². The molecule has 2 aromatic rings. The Kier molecular flexibility index (Phi) is 4.56. The van der Waals surface area contributed by atoms with Gasteiger partial charge in [-0.3, -0.25) is 0 Å². The zero-order valence-corrected chi connectivity index (χ0v) is 13.9. The van der Waals surface area contributed by atoms with Crippen LogP contribution in [-0.2, 0) is 10.0 Å². The Labute approximate surface area is 139 Å². The van der Waals surface area contributed by atoms with E-state index in [2.05, 4.69) is 0 Å². The second kappa shape index (κ2) is 6.49. The van der Waals surface area contributed by atoms with Crippen LogP contribution in [-0.4, -0.2) is 26.4 Å². The van der Waals surface area contributed by atoms with Crippen molar-refractivity contribution >= 4 is 10.0 Å². The highest BCUT2D eigenvalue weighted by Gasteiger charge is 2.36. The summed E-state index contributed by atoms with van der Waals surface area (Å²) < 4.78 is 58.6. The summed E-state index contributed by atoms with van der Waals surface area (Å²) in [6, 6.07) is 9.53. The first-order valence-corrected chi connectivity index (χ1v) is 8.98. The molecule has 0 aromatic heterocycles. The van der Waals surface area contributed by atoms with Gasteiger partial charge in [0.05, 0.1) is 18.0 Å². The predicted octanol–water partition coefficient (Wildman–Crippen LogP) is 3.50. The molecule has 0 amide bonds. The summed E-state index contributed by atoms with van der Waals surface area (Å²) in [4.78, 5) is -0.234. The maximum Gasteiger partial charge on any atom is 0.243 e. The summed E-state index contributed by atoms with van der Waals surface area (Å²) >= 11 is 0. The quantitative estimate of drug-likeness (QED) is 0.845. The molecule has 2 aromatic carbocycles. The minimum absolute atomic E-state index is 0.234. The number of hydrogen-bond donors (Lipinski definition) is 0. The summed E-state index contributed by atoms with van der Waals surface area (Å²) in [5.41, 5.74) is 0.847. The molecule has 0 spiro atoms. The molecule has 0 bridgehead atoms. The number of rotatable bonds is 4. The third-order valence-corrected chi connectivity index (χ3v) is 6.11. The molecule has 7 heteroatoms. The third kappa shape index (κ3) is 3.01. The summed E-state index contributed by atoms with van der Waals surface area (Å²) in [5.74, 6) is -1.55. The Morgan fingerprint density at radius 3 is 2.42 bits per heavy atom. The van der Waals surface area contributed by atoms with Gasteiger partial charge in [-0.1, -0.05) is 12.1 Å². The molecule has 0 N–H and O–H groups in total. The summed E-state index contributed by atoms with van der Waals surface area (Å²) in [6.45, 7) is 0.345. The van der Waals surface area contributed by atoms with E-state index in [9.17, 15) is 17.2 Å². The lowest BCUT2D eigenvalue weighted by Crippen LogP contribution is -2.30. The monoisotopic (exact) mass is 353 g/mol. The van der Waals surface area contributed by atoms with Gasteiger partial charge in [0.2, 0.25) is 10.0 Å². The fourth-order valence-corrected chi connectivity index (χ4v) is 4.65. The Morgan fingerprint density at radius 1 is 1.08 bits per heavy atom. The van der Waals surface area contributed by atoms with Crippen LogP contribution in [0.4, 0.5) is 8.78 Å². The van der Waals surface area contributed by atoms with Gasteiger partial charge in [0.1, 0.15) is 5.75 Å². The first-order chi connectivity index (χ1) is 11.4. The molecule has 1 heterocycles. The van der Waals surface area contributed by atoms with Crippen LogP contribution in [0.25, 0.3) is 0 Å². The molecular formula is C17H17F2NO3S. The first kappa shape index (κ1) is 16.9. The van der Waals surface area contributed by atoms with E-state index >= 15 is 0 Å². The van der Waals surface area contributed by atoms with Crippen molar-refractivity contribution in [1.29, 1.82) is 0 Å². The van der Waals surface area contributed by atoms with Crippen molar-refractivity contribution in [3.05, 3.63) is 59.7 Å². The maximum atomic E-state index is 13.4. The Bertz CT molecular complexity index is 837. The number of benzene rings is 2. The molecule has 3 rings (SSSR count). The van der Waals surface area contributed by atoms with Crippen LogP contribution < -0.4 is 4.74 Å². The van der Waals surface area contributed by atoms with Gasteiger partial charge in [0.15, 0.2) is 11.6 Å². The fraction of sp³-hybridized carbons (Fsp3) is 0.294. The number of ether oxygens (including phenoxy) is 1. The highest BCUT2D eigenvalue weighted by atomic mass is 32.2. The molecule has 0 unspecified atom stereocenters. The largest absolute Gasteiger partial charge is 0.497 e. The van der Waals surface area contributed by atoms with E-state index in [4.69, 9.17) is 4.74 Å². The molecule has 1 fully saturated rings. The van der Waals surface area contributed by atoms with Crippen LogP contribution in [0.5, 0.6) is 5.75 Å². The second-order valence-electron chi connectivity index (χ2n) is 5.62. The van der Waals surface area contributed by atoms with Crippen molar-refractivity contribution in [2.24, 2.45) is 0 Å². The average molecular weight is 353 g/mol. The number of methoxy groups -OCH3 is 1. The Balaban J connectivity index is 1.94. The van der Waals surface area contributed by atoms with Gasteiger partial charge in [-0.15, -0.1) is 0 Å². The minimum Gasteiger partial charge on any atom is -0.497 e. The number of nitrogens with zero attached hydrogens (tertiary/aromatic N) is 1. The van der Waals surface area contributed by atoms with Crippen molar-refractivity contribution < 1.29 is 21.9 Å². The predicted molar refractivity (Wildman–Crippen MR) is 85.2 cm³/mol. The topological polar surface area (TPSA) is 46.6 Å². The van der Waals surface area contributed by atoms with Crippen LogP contribution in [0.2, 0.25) is 0 Å². The highest BCUT2D eigenvalue weighted by Crippen LogP contribution is 2.37. The lowest BCUT2D eigenvalue weighted by atomic mass is 10.1. The lowest BCUT2D eigenvalue weighted by molar-refractivity contribution is 0.394. The van der Waals surface area contributed by atoms with E-state index in [1.807, 2.05) is 12.1 Å². The molecule has 1 aliphatic heterocycles. The van der Waals surface area contributed by atoms with Crippen molar-refractivity contribution in [3.8, 4) is 5.75 Å². The molecule has 24 heavy (non-hydrogen) atoms. The molecule has 0 radical (unpaired) electrons. The van der Waals surface area contributed by atoms with Gasteiger partial charge in [-0.2, -0.15) is 4.31 Å². The Morgan fingerprint density at radius 2 is 1.79 bits per heavy atom. The zero-order chi connectivity index (χ0) is 17.3. The maximum absolute atomic E-state index is 13.4. The number of sulfonamides is 1. The van der Waals surface area contributed by atoms with Gasteiger partial charge in [0.25, 0.3) is 0 Å². The van der Waals surface area contributed by atoms with Gasteiger partial charge < -0.3 is 4.74 Å². The molecule has 1 atom stereocenters. The van der Waals surface area contributed by atoms with Crippen LogP contribution in [0.15, 0.2) is 47.4 Å². The normalized spacial score (nSPS) is 18.7. The molecular weight excluding hydrogens is 336 g/mol. The van der Waals surface area contributed by atoms with Crippen molar-refractivity contribution in [1.82, 2.24) is 4.31 Å². The second-order valence-corrected chi connectivity index (χ2v) is 7.51. The van der Waals surface area contributed by atoms with Crippen molar-refractivity contribution in [3.63, 3.8) is 0 Å². The van der Waals surface area contributed by atoms with E-state index in [-0.39, 0.29) is 10.9 Å². The lowest BCUT2D eigenvalue weighted by Gasteiger charge is -2.24. The molecule has 4 nitrogen and oxygen atoms in total. The van der Waals surface area contributed by atoms with E-state index in [0.29, 0.717) is 25.1 Å². The highest BCUT2D eigenvalue weighted by molar-refractivity contribution is 7.89. The van der Waals surface area contributed by atoms with Gasteiger partial charge >= 0.3 is 0 Å². The van der Waals surface area contributed by atoms with E-state index in [0.717, 1.165) is 23.8 Å². The van der Waals surface area contributed by atoms with Crippen LogP contribution >= 0.6 is 0 Å². The SMILES string of the molecule is COc1ccc([C@@H]2CCCN2S(=O)(=O)c2ccc(F)c(F)c2)cc1.